The Morgan fingerprint density at radius 3 is 2.53 bits per heavy atom. The number of hydrogen-bond acceptors (Lipinski definition) is 6. The highest BCUT2D eigenvalue weighted by Gasteiger charge is 2.25. The van der Waals surface area contributed by atoms with Gasteiger partial charge in [0.1, 0.15) is 12.4 Å². The predicted octanol–water partition coefficient (Wildman–Crippen LogP) is 5.41. The van der Waals surface area contributed by atoms with Crippen molar-refractivity contribution in [1.82, 2.24) is 0 Å². The summed E-state index contributed by atoms with van der Waals surface area (Å²) in [6.07, 6.45) is 1.64. The van der Waals surface area contributed by atoms with Gasteiger partial charge in [0.2, 0.25) is 5.90 Å². The second-order valence-corrected chi connectivity index (χ2v) is 8.98. The minimum Gasteiger partial charge on any atom is -0.487 e. The number of ether oxygens (including phenoxy) is 2. The monoisotopic (exact) mass is 630 g/mol. The van der Waals surface area contributed by atoms with Crippen LogP contribution >= 0.6 is 45.2 Å². The number of cyclic esters (lactones) is 1. The number of carbonyl (C=O) groups excluding carboxylic acids is 1. The van der Waals surface area contributed by atoms with Crippen molar-refractivity contribution in [3.8, 4) is 5.75 Å². The Kier molecular flexibility index (Phi) is 6.91. The van der Waals surface area contributed by atoms with Crippen LogP contribution in [0.2, 0.25) is 0 Å². The molecule has 1 aliphatic rings. The molecule has 0 N–H and O–H groups in total. The summed E-state index contributed by atoms with van der Waals surface area (Å²) in [5.74, 6) is 0.310. The number of hydrogen-bond donors (Lipinski definition) is 0. The smallest absolute Gasteiger partial charge is 0.363 e. The van der Waals surface area contributed by atoms with Gasteiger partial charge in [-0.25, -0.2) is 9.79 Å². The molecular formula is C21H16I2N2O5. The molecule has 2 aromatic rings. The molecule has 0 saturated heterocycles. The van der Waals surface area contributed by atoms with Gasteiger partial charge in [-0.15, -0.1) is 0 Å². The maximum atomic E-state index is 12.3. The molecule has 3 rings (SSSR count). The summed E-state index contributed by atoms with van der Waals surface area (Å²) in [6, 6.07) is 8.24. The van der Waals surface area contributed by atoms with Crippen molar-refractivity contribution in [2.24, 2.45) is 4.99 Å². The van der Waals surface area contributed by atoms with Crippen LogP contribution in [0.1, 0.15) is 23.6 Å². The first-order valence-corrected chi connectivity index (χ1v) is 10.9. The Balaban J connectivity index is 1.90. The molecule has 0 atom stereocenters. The Bertz CT molecular complexity index is 1120. The summed E-state index contributed by atoms with van der Waals surface area (Å²) >= 11 is 4.36. The van der Waals surface area contributed by atoms with E-state index in [0.29, 0.717) is 17.7 Å². The van der Waals surface area contributed by atoms with Crippen LogP contribution in [-0.4, -0.2) is 23.4 Å². The quantitative estimate of drug-likeness (QED) is 0.106. The highest BCUT2D eigenvalue weighted by Crippen LogP contribution is 2.31. The Morgan fingerprint density at radius 1 is 1.30 bits per heavy atom. The van der Waals surface area contributed by atoms with E-state index in [1.807, 2.05) is 19.1 Å². The van der Waals surface area contributed by atoms with E-state index in [1.54, 1.807) is 19.1 Å². The molecule has 1 aliphatic heterocycles. The number of benzene rings is 2. The van der Waals surface area contributed by atoms with Crippen LogP contribution in [0.3, 0.4) is 0 Å². The van der Waals surface area contributed by atoms with Crippen molar-refractivity contribution in [3.63, 3.8) is 0 Å². The first-order chi connectivity index (χ1) is 14.2. The van der Waals surface area contributed by atoms with Crippen LogP contribution in [0.15, 0.2) is 53.2 Å². The lowest BCUT2D eigenvalue weighted by atomic mass is 10.1. The lowest BCUT2D eigenvalue weighted by molar-refractivity contribution is -0.385. The second-order valence-electron chi connectivity index (χ2n) is 6.65. The molecule has 1 heterocycles. The minimum absolute atomic E-state index is 0.00227. The predicted molar refractivity (Wildman–Crippen MR) is 131 cm³/mol. The third-order valence-corrected chi connectivity index (χ3v) is 5.65. The zero-order chi connectivity index (χ0) is 22.0. The number of halogens is 2. The molecule has 0 saturated carbocycles. The molecule has 0 aliphatic carbocycles. The first kappa shape index (κ1) is 22.4. The van der Waals surface area contributed by atoms with E-state index in [1.165, 1.54) is 12.1 Å². The van der Waals surface area contributed by atoms with Gasteiger partial charge in [-0.1, -0.05) is 6.58 Å². The average molecular weight is 630 g/mol. The van der Waals surface area contributed by atoms with Gasteiger partial charge in [0, 0.05) is 17.2 Å². The SMILES string of the molecule is C=C(C)COc1c(I)cc(/C=C2\N=C(c3ccc([N+](=O)[O-])c(C)c3)OC2=O)cc1I. The number of nitro groups is 1. The van der Waals surface area contributed by atoms with Crippen molar-refractivity contribution < 1.29 is 19.2 Å². The van der Waals surface area contributed by atoms with E-state index in [4.69, 9.17) is 9.47 Å². The third kappa shape index (κ3) is 5.06. The van der Waals surface area contributed by atoms with Gasteiger partial charge in [0.05, 0.1) is 12.1 Å². The molecule has 154 valence electrons. The fourth-order valence-electron chi connectivity index (χ4n) is 2.68. The molecule has 7 nitrogen and oxygen atoms in total. The zero-order valence-corrected chi connectivity index (χ0v) is 20.4. The van der Waals surface area contributed by atoms with Crippen LogP contribution in [-0.2, 0) is 9.53 Å². The van der Waals surface area contributed by atoms with E-state index in [9.17, 15) is 14.9 Å². The van der Waals surface area contributed by atoms with E-state index in [-0.39, 0.29) is 17.3 Å². The van der Waals surface area contributed by atoms with Crippen LogP contribution in [0, 0.1) is 24.2 Å². The van der Waals surface area contributed by atoms with E-state index in [2.05, 4.69) is 56.8 Å². The minimum atomic E-state index is -0.575. The van der Waals surface area contributed by atoms with Gasteiger partial charge in [0.25, 0.3) is 5.69 Å². The highest BCUT2D eigenvalue weighted by atomic mass is 127. The molecule has 2 aromatic carbocycles. The van der Waals surface area contributed by atoms with Gasteiger partial charge in [0.15, 0.2) is 5.70 Å². The zero-order valence-electron chi connectivity index (χ0n) is 16.1. The molecule has 0 bridgehead atoms. The number of aliphatic imine (C=N–C) groups is 1. The Labute approximate surface area is 200 Å². The number of esters is 1. The van der Waals surface area contributed by atoms with Crippen LogP contribution in [0.25, 0.3) is 6.08 Å². The molecule has 0 radical (unpaired) electrons. The molecule has 0 aromatic heterocycles. The van der Waals surface area contributed by atoms with Crippen molar-refractivity contribution in [2.45, 2.75) is 13.8 Å². The van der Waals surface area contributed by atoms with Crippen LogP contribution in [0.5, 0.6) is 5.75 Å². The fourth-order valence-corrected chi connectivity index (χ4v) is 4.81. The second kappa shape index (κ2) is 9.25. The van der Waals surface area contributed by atoms with Crippen molar-refractivity contribution in [3.05, 3.63) is 82.1 Å². The lowest BCUT2D eigenvalue weighted by Gasteiger charge is -2.11. The highest BCUT2D eigenvalue weighted by molar-refractivity contribution is 14.1. The fraction of sp³-hybridized carbons (Fsp3) is 0.143. The van der Waals surface area contributed by atoms with Gasteiger partial charge in [-0.3, -0.25) is 10.1 Å². The molecule has 0 amide bonds. The van der Waals surface area contributed by atoms with Crippen molar-refractivity contribution in [2.75, 3.05) is 6.61 Å². The van der Waals surface area contributed by atoms with Gasteiger partial charge < -0.3 is 9.47 Å². The summed E-state index contributed by atoms with van der Waals surface area (Å²) in [7, 11) is 0. The summed E-state index contributed by atoms with van der Waals surface area (Å²) in [5, 5.41) is 11.0. The van der Waals surface area contributed by atoms with Crippen LogP contribution in [0.4, 0.5) is 5.69 Å². The number of nitro benzene ring substituents is 1. The normalized spacial score (nSPS) is 14.5. The molecule has 0 unspecified atom stereocenters. The molecule has 0 fully saturated rings. The summed E-state index contributed by atoms with van der Waals surface area (Å²) in [5.41, 5.74) is 2.82. The lowest BCUT2D eigenvalue weighted by Crippen LogP contribution is -2.06. The first-order valence-electron chi connectivity index (χ1n) is 8.70. The van der Waals surface area contributed by atoms with E-state index >= 15 is 0 Å². The maximum Gasteiger partial charge on any atom is 0.363 e. The third-order valence-electron chi connectivity index (χ3n) is 4.05. The standard InChI is InChI=1S/C21H16I2N2O5/c1-11(2)10-29-19-15(22)7-13(8-16(19)23)9-17-21(26)30-20(24-17)14-4-5-18(25(27)28)12(3)6-14/h4-9H,1,10H2,2-3H3/b17-9-. The van der Waals surface area contributed by atoms with Crippen molar-refractivity contribution in [1.29, 1.82) is 0 Å². The van der Waals surface area contributed by atoms with Gasteiger partial charge in [-0.05, 0) is 101 Å². The number of aryl methyl sites for hydroxylation is 1. The summed E-state index contributed by atoms with van der Waals surface area (Å²) in [6.45, 7) is 7.78. The van der Waals surface area contributed by atoms with Crippen LogP contribution < -0.4 is 4.74 Å². The average Bonchev–Trinajstić information content (AvgIpc) is 3.01. The topological polar surface area (TPSA) is 91.0 Å². The molecule has 30 heavy (non-hydrogen) atoms. The molecule has 0 spiro atoms. The molecule has 9 heteroatoms. The maximum absolute atomic E-state index is 12.3. The summed E-state index contributed by atoms with van der Waals surface area (Å²) in [4.78, 5) is 27.1. The molecular weight excluding hydrogens is 614 g/mol. The van der Waals surface area contributed by atoms with Crippen molar-refractivity contribution >= 4 is 68.8 Å². The largest absolute Gasteiger partial charge is 0.487 e. The van der Waals surface area contributed by atoms with Gasteiger partial charge in [-0.2, -0.15) is 0 Å². The Hall–Kier alpha value is -2.28. The van der Waals surface area contributed by atoms with E-state index < -0.39 is 10.9 Å². The van der Waals surface area contributed by atoms with E-state index in [0.717, 1.165) is 24.0 Å². The summed E-state index contributed by atoms with van der Waals surface area (Å²) < 4.78 is 12.9. The Morgan fingerprint density at radius 2 is 1.97 bits per heavy atom. The number of carbonyl (C=O) groups is 1. The number of rotatable bonds is 6. The van der Waals surface area contributed by atoms with Gasteiger partial charge >= 0.3 is 5.97 Å². The number of nitrogens with zero attached hydrogens (tertiary/aromatic N) is 2.